The van der Waals surface area contributed by atoms with Gasteiger partial charge in [0, 0.05) is 49.1 Å². The van der Waals surface area contributed by atoms with Crippen LogP contribution in [0.4, 0.5) is 4.39 Å². The normalized spacial score (nSPS) is 15.3. The van der Waals surface area contributed by atoms with E-state index in [1.807, 2.05) is 36.7 Å². The van der Waals surface area contributed by atoms with Gasteiger partial charge in [0.1, 0.15) is 11.6 Å². The molecule has 5 rings (SSSR count). The van der Waals surface area contributed by atoms with Crippen LogP contribution in [0, 0.1) is 5.82 Å². The van der Waals surface area contributed by atoms with Crippen LogP contribution in [0.2, 0.25) is 0 Å². The highest BCUT2D eigenvalue weighted by atomic mass is 19.1. The van der Waals surface area contributed by atoms with Gasteiger partial charge >= 0.3 is 0 Å². The van der Waals surface area contributed by atoms with E-state index in [1.54, 1.807) is 0 Å². The number of hydrogen-bond acceptors (Lipinski definition) is 3. The average molecular weight is 427 g/mol. The number of aromatic nitrogens is 3. The predicted octanol–water partition coefficient (Wildman–Crippen LogP) is 5.76. The summed E-state index contributed by atoms with van der Waals surface area (Å²) in [5, 5.41) is 0. The number of halogens is 1. The first-order valence-electron chi connectivity index (χ1n) is 11.3. The van der Waals surface area contributed by atoms with E-state index in [0.29, 0.717) is 6.04 Å². The molecule has 1 unspecified atom stereocenters. The van der Waals surface area contributed by atoms with Crippen LogP contribution in [0.1, 0.15) is 30.8 Å². The predicted molar refractivity (Wildman–Crippen MR) is 126 cm³/mol. The van der Waals surface area contributed by atoms with Gasteiger partial charge in [0.2, 0.25) is 0 Å². The van der Waals surface area contributed by atoms with Crippen LogP contribution in [-0.2, 0) is 13.0 Å². The van der Waals surface area contributed by atoms with Gasteiger partial charge in [-0.2, -0.15) is 0 Å². The highest BCUT2D eigenvalue weighted by Gasteiger charge is 2.31. The van der Waals surface area contributed by atoms with Crippen LogP contribution < -0.4 is 0 Å². The van der Waals surface area contributed by atoms with E-state index in [9.17, 15) is 4.39 Å². The Labute approximate surface area is 188 Å². The van der Waals surface area contributed by atoms with Crippen molar-refractivity contribution in [3.8, 4) is 22.5 Å². The van der Waals surface area contributed by atoms with Crippen molar-refractivity contribution >= 4 is 0 Å². The monoisotopic (exact) mass is 426 g/mol. The second-order valence-electron chi connectivity index (χ2n) is 8.34. The Bertz CT molecular complexity index is 1170. The molecule has 162 valence electrons. The van der Waals surface area contributed by atoms with Crippen LogP contribution in [0.5, 0.6) is 0 Å². The summed E-state index contributed by atoms with van der Waals surface area (Å²) < 4.78 is 16.0. The van der Waals surface area contributed by atoms with Crippen LogP contribution in [0.15, 0.2) is 79.1 Å². The first-order chi connectivity index (χ1) is 15.7. The zero-order chi connectivity index (χ0) is 21.9. The SMILES string of the molecule is CCN(Cc1ccccc1)CC1CCc2nc(-c3ccc(F)cc3)c(-c3ccncc3)n21. The Morgan fingerprint density at radius 2 is 1.72 bits per heavy atom. The molecule has 0 radical (unpaired) electrons. The fourth-order valence-corrected chi connectivity index (χ4v) is 4.69. The van der Waals surface area contributed by atoms with Gasteiger partial charge in [-0.25, -0.2) is 9.37 Å². The fourth-order valence-electron chi connectivity index (χ4n) is 4.69. The first kappa shape index (κ1) is 20.6. The number of benzene rings is 2. The van der Waals surface area contributed by atoms with E-state index in [0.717, 1.165) is 60.8 Å². The molecular weight excluding hydrogens is 399 g/mol. The lowest BCUT2D eigenvalue weighted by atomic mass is 10.0. The van der Waals surface area contributed by atoms with Crippen molar-refractivity contribution in [2.45, 2.75) is 32.4 Å². The van der Waals surface area contributed by atoms with Crippen LogP contribution in [0.3, 0.4) is 0 Å². The number of aryl methyl sites for hydroxylation is 1. The number of likely N-dealkylation sites (N-methyl/N-ethyl adjacent to an activating group) is 1. The summed E-state index contributed by atoms with van der Waals surface area (Å²) in [5.41, 5.74) is 5.39. The van der Waals surface area contributed by atoms with Gasteiger partial charge in [-0.05, 0) is 54.9 Å². The third-order valence-electron chi connectivity index (χ3n) is 6.29. The summed E-state index contributed by atoms with van der Waals surface area (Å²) in [6, 6.07) is 21.7. The zero-order valence-corrected chi connectivity index (χ0v) is 18.3. The Hall–Kier alpha value is -3.31. The Morgan fingerprint density at radius 3 is 2.44 bits per heavy atom. The summed E-state index contributed by atoms with van der Waals surface area (Å²) in [6.45, 7) is 5.12. The third kappa shape index (κ3) is 4.08. The van der Waals surface area contributed by atoms with E-state index in [-0.39, 0.29) is 5.82 Å². The van der Waals surface area contributed by atoms with Gasteiger partial charge in [0.25, 0.3) is 0 Å². The van der Waals surface area contributed by atoms with E-state index in [2.05, 4.69) is 51.7 Å². The molecule has 5 heteroatoms. The molecule has 0 aliphatic carbocycles. The summed E-state index contributed by atoms with van der Waals surface area (Å²) in [5.74, 6) is 0.875. The molecule has 2 aromatic heterocycles. The molecule has 1 aliphatic heterocycles. The molecule has 1 atom stereocenters. The lowest BCUT2D eigenvalue weighted by molar-refractivity contribution is 0.238. The molecule has 0 saturated heterocycles. The van der Waals surface area contributed by atoms with Crippen molar-refractivity contribution in [3.63, 3.8) is 0 Å². The van der Waals surface area contributed by atoms with Crippen LogP contribution in [-0.4, -0.2) is 32.5 Å². The minimum Gasteiger partial charge on any atom is -0.323 e. The molecular formula is C27H27FN4. The van der Waals surface area contributed by atoms with E-state index in [1.165, 1.54) is 17.7 Å². The number of fused-ring (bicyclic) bond motifs is 1. The fraction of sp³-hybridized carbons (Fsp3) is 0.259. The second-order valence-corrected chi connectivity index (χ2v) is 8.34. The van der Waals surface area contributed by atoms with Gasteiger partial charge in [-0.15, -0.1) is 0 Å². The van der Waals surface area contributed by atoms with Gasteiger partial charge < -0.3 is 4.57 Å². The van der Waals surface area contributed by atoms with Gasteiger partial charge in [-0.3, -0.25) is 9.88 Å². The highest BCUT2D eigenvalue weighted by Crippen LogP contribution is 2.40. The van der Waals surface area contributed by atoms with Crippen molar-refractivity contribution in [3.05, 3.63) is 96.3 Å². The number of imidazole rings is 1. The Morgan fingerprint density at radius 1 is 0.969 bits per heavy atom. The largest absolute Gasteiger partial charge is 0.323 e. The summed E-state index contributed by atoms with van der Waals surface area (Å²) >= 11 is 0. The van der Waals surface area contributed by atoms with E-state index in [4.69, 9.17) is 4.98 Å². The maximum Gasteiger partial charge on any atom is 0.123 e. The molecule has 2 aromatic carbocycles. The van der Waals surface area contributed by atoms with Crippen molar-refractivity contribution < 1.29 is 4.39 Å². The second kappa shape index (κ2) is 9.05. The van der Waals surface area contributed by atoms with E-state index >= 15 is 0 Å². The van der Waals surface area contributed by atoms with Gasteiger partial charge in [-0.1, -0.05) is 37.3 Å². The smallest absolute Gasteiger partial charge is 0.123 e. The van der Waals surface area contributed by atoms with Crippen molar-refractivity contribution in [1.82, 2.24) is 19.4 Å². The van der Waals surface area contributed by atoms with Gasteiger partial charge in [0.15, 0.2) is 0 Å². The maximum atomic E-state index is 13.6. The molecule has 0 amide bonds. The summed E-state index contributed by atoms with van der Waals surface area (Å²) in [7, 11) is 0. The van der Waals surface area contributed by atoms with Crippen molar-refractivity contribution in [2.24, 2.45) is 0 Å². The standard InChI is InChI=1S/C27H27FN4/c1-2-31(18-20-6-4-3-5-7-20)19-24-12-13-25-30-26(21-8-10-23(28)11-9-21)27(32(24)25)22-14-16-29-17-15-22/h3-11,14-17,24H,2,12-13,18-19H2,1H3. The maximum absolute atomic E-state index is 13.6. The quantitative estimate of drug-likeness (QED) is 0.377. The van der Waals surface area contributed by atoms with Crippen molar-refractivity contribution in [2.75, 3.05) is 13.1 Å². The Kier molecular flexibility index (Phi) is 5.82. The molecule has 0 bridgehead atoms. The molecule has 3 heterocycles. The molecule has 4 aromatic rings. The van der Waals surface area contributed by atoms with Crippen LogP contribution in [0.25, 0.3) is 22.5 Å². The molecule has 0 saturated carbocycles. The first-order valence-corrected chi connectivity index (χ1v) is 11.3. The zero-order valence-electron chi connectivity index (χ0n) is 18.3. The number of pyridine rings is 1. The van der Waals surface area contributed by atoms with Gasteiger partial charge in [0.05, 0.1) is 11.4 Å². The number of hydrogen-bond donors (Lipinski definition) is 0. The molecule has 32 heavy (non-hydrogen) atoms. The highest BCUT2D eigenvalue weighted by molar-refractivity contribution is 5.79. The number of rotatable bonds is 7. The van der Waals surface area contributed by atoms with Crippen molar-refractivity contribution in [1.29, 1.82) is 0 Å². The lowest BCUT2D eigenvalue weighted by Crippen LogP contribution is -2.29. The Balaban J connectivity index is 1.52. The third-order valence-corrected chi connectivity index (χ3v) is 6.29. The minimum atomic E-state index is -0.233. The topological polar surface area (TPSA) is 34.0 Å². The molecule has 0 spiro atoms. The summed E-state index contributed by atoms with van der Waals surface area (Å²) in [4.78, 5) is 11.7. The summed E-state index contributed by atoms with van der Waals surface area (Å²) in [6.07, 6.45) is 5.67. The molecule has 4 nitrogen and oxygen atoms in total. The van der Waals surface area contributed by atoms with Crippen LogP contribution >= 0.6 is 0 Å². The number of nitrogens with zero attached hydrogens (tertiary/aromatic N) is 4. The lowest BCUT2D eigenvalue weighted by Gasteiger charge is -2.26. The molecule has 0 N–H and O–H groups in total. The molecule has 1 aliphatic rings. The molecule has 0 fully saturated rings. The average Bonchev–Trinajstić information content (AvgIpc) is 3.40. The minimum absolute atomic E-state index is 0.233. The van der Waals surface area contributed by atoms with E-state index < -0.39 is 0 Å².